The second-order valence-corrected chi connectivity index (χ2v) is 2.92. The molecule has 0 spiro atoms. The molecule has 0 unspecified atom stereocenters. The van der Waals surface area contributed by atoms with Crippen LogP contribution in [-0.4, -0.2) is 37.7 Å². The Bertz CT molecular complexity index is 89.3. The van der Waals surface area contributed by atoms with Crippen LogP contribution in [0.1, 0.15) is 19.8 Å². The molecule has 0 aromatic rings. The third-order valence-corrected chi connectivity index (χ3v) is 1.91. The Morgan fingerprint density at radius 1 is 1.36 bits per heavy atom. The molecule has 0 aliphatic carbocycles. The number of nitrogens with one attached hydrogen (secondary N) is 1. The molecule has 0 bridgehead atoms. The summed E-state index contributed by atoms with van der Waals surface area (Å²) in [5.41, 5.74) is 4.47. The van der Waals surface area contributed by atoms with Gasteiger partial charge in [-0.2, -0.15) is 5.43 Å². The van der Waals surface area contributed by atoms with E-state index in [-0.39, 0.29) is 0 Å². The molecule has 1 rings (SSSR count). The first-order valence-corrected chi connectivity index (χ1v) is 4.56. The van der Waals surface area contributed by atoms with Gasteiger partial charge in [0.1, 0.15) is 0 Å². The Balaban J connectivity index is 1.96. The van der Waals surface area contributed by atoms with E-state index in [0.29, 0.717) is 0 Å². The molecular formula is C8H18N3. The van der Waals surface area contributed by atoms with Crippen molar-refractivity contribution in [2.45, 2.75) is 19.8 Å². The van der Waals surface area contributed by atoms with Crippen LogP contribution in [0.5, 0.6) is 0 Å². The van der Waals surface area contributed by atoms with Crippen LogP contribution in [0, 0.1) is 0 Å². The lowest BCUT2D eigenvalue weighted by Crippen LogP contribution is -2.47. The van der Waals surface area contributed by atoms with Crippen LogP contribution in [0.2, 0.25) is 0 Å². The maximum atomic E-state index is 4.47. The molecule has 65 valence electrons. The summed E-state index contributed by atoms with van der Waals surface area (Å²) < 4.78 is 0. The summed E-state index contributed by atoms with van der Waals surface area (Å²) in [6.07, 6.45) is 2.47. The Labute approximate surface area is 69.1 Å². The van der Waals surface area contributed by atoms with E-state index in [9.17, 15) is 0 Å². The van der Waals surface area contributed by atoms with Gasteiger partial charge in [0, 0.05) is 32.7 Å². The van der Waals surface area contributed by atoms with Gasteiger partial charge in [-0.3, -0.25) is 0 Å². The van der Waals surface area contributed by atoms with Gasteiger partial charge in [-0.1, -0.05) is 13.3 Å². The van der Waals surface area contributed by atoms with Gasteiger partial charge in [-0.25, -0.2) is 5.01 Å². The molecule has 1 fully saturated rings. The van der Waals surface area contributed by atoms with Crippen LogP contribution in [0.3, 0.4) is 0 Å². The molecule has 3 heteroatoms. The van der Waals surface area contributed by atoms with Gasteiger partial charge >= 0.3 is 0 Å². The number of rotatable bonds is 4. The highest BCUT2D eigenvalue weighted by Gasteiger charge is 2.08. The largest absolute Gasteiger partial charge is 0.314 e. The zero-order chi connectivity index (χ0) is 7.94. The maximum absolute atomic E-state index is 4.47. The molecule has 1 heterocycles. The average Bonchev–Trinajstić information content (AvgIpc) is 2.07. The first-order chi connectivity index (χ1) is 5.43. The molecule has 1 saturated heterocycles. The summed E-state index contributed by atoms with van der Waals surface area (Å²) in [6.45, 7) is 7.57. The molecule has 1 radical (unpaired) electrons. The summed E-state index contributed by atoms with van der Waals surface area (Å²) in [5.74, 6) is 0. The third kappa shape index (κ3) is 3.70. The van der Waals surface area contributed by atoms with Gasteiger partial charge < -0.3 is 5.32 Å². The van der Waals surface area contributed by atoms with Gasteiger partial charge in [0.15, 0.2) is 0 Å². The highest BCUT2D eigenvalue weighted by Crippen LogP contribution is 1.90. The topological polar surface area (TPSA) is 29.4 Å². The van der Waals surface area contributed by atoms with Crippen molar-refractivity contribution < 1.29 is 0 Å². The van der Waals surface area contributed by atoms with Crippen LogP contribution >= 0.6 is 0 Å². The average molecular weight is 156 g/mol. The van der Waals surface area contributed by atoms with Crippen LogP contribution < -0.4 is 10.7 Å². The van der Waals surface area contributed by atoms with E-state index in [2.05, 4.69) is 22.7 Å². The van der Waals surface area contributed by atoms with Crippen LogP contribution in [-0.2, 0) is 0 Å². The fraction of sp³-hybridized carbons (Fsp3) is 1.00. The molecule has 1 aliphatic heterocycles. The van der Waals surface area contributed by atoms with Gasteiger partial charge in [-0.15, -0.1) is 0 Å². The summed E-state index contributed by atoms with van der Waals surface area (Å²) in [6, 6.07) is 0. The van der Waals surface area contributed by atoms with Crippen molar-refractivity contribution in [2.75, 3.05) is 32.7 Å². The second kappa shape index (κ2) is 5.52. The lowest BCUT2D eigenvalue weighted by Gasteiger charge is -2.25. The third-order valence-electron chi connectivity index (χ3n) is 1.91. The Kier molecular flexibility index (Phi) is 4.50. The minimum atomic E-state index is 1.01. The first-order valence-electron chi connectivity index (χ1n) is 4.56. The summed E-state index contributed by atoms with van der Waals surface area (Å²) in [7, 11) is 0. The summed E-state index contributed by atoms with van der Waals surface area (Å²) in [4.78, 5) is 0. The minimum Gasteiger partial charge on any atom is -0.314 e. The maximum Gasteiger partial charge on any atom is 0.0306 e. The molecule has 0 atom stereocenters. The van der Waals surface area contributed by atoms with Crippen molar-refractivity contribution in [3.8, 4) is 0 Å². The standard InChI is InChI=1S/C8H18N3/c1-2-3-4-10-11-7-5-9-6-8-11/h9H,2-8H2,1H3. The predicted octanol–water partition coefficient (Wildman–Crippen LogP) is 0.211. The quantitative estimate of drug-likeness (QED) is 0.590. The lowest BCUT2D eigenvalue weighted by atomic mass is 10.3. The Morgan fingerprint density at radius 2 is 2.09 bits per heavy atom. The zero-order valence-electron chi connectivity index (χ0n) is 7.34. The van der Waals surface area contributed by atoms with E-state index < -0.39 is 0 Å². The SMILES string of the molecule is CCCC[N]N1CCNCC1. The molecule has 0 aromatic carbocycles. The Hall–Kier alpha value is -0.120. The molecular weight excluding hydrogens is 138 g/mol. The molecule has 0 saturated carbocycles. The van der Waals surface area contributed by atoms with Gasteiger partial charge in [0.25, 0.3) is 0 Å². The van der Waals surface area contributed by atoms with Gasteiger partial charge in [-0.05, 0) is 6.42 Å². The number of hydrogen-bond acceptors (Lipinski definition) is 2. The van der Waals surface area contributed by atoms with Crippen molar-refractivity contribution in [2.24, 2.45) is 0 Å². The summed E-state index contributed by atoms with van der Waals surface area (Å²) in [5, 5.41) is 5.49. The van der Waals surface area contributed by atoms with E-state index in [1.165, 1.54) is 12.8 Å². The smallest absolute Gasteiger partial charge is 0.0306 e. The lowest BCUT2D eigenvalue weighted by molar-refractivity contribution is 0.157. The Morgan fingerprint density at radius 3 is 2.73 bits per heavy atom. The zero-order valence-corrected chi connectivity index (χ0v) is 7.34. The molecule has 1 N–H and O–H groups in total. The fourth-order valence-corrected chi connectivity index (χ4v) is 1.16. The van der Waals surface area contributed by atoms with Crippen molar-refractivity contribution in [1.29, 1.82) is 0 Å². The molecule has 11 heavy (non-hydrogen) atoms. The predicted molar refractivity (Wildman–Crippen MR) is 46.4 cm³/mol. The van der Waals surface area contributed by atoms with Crippen LogP contribution in [0.25, 0.3) is 0 Å². The monoisotopic (exact) mass is 156 g/mol. The number of piperazine rings is 1. The van der Waals surface area contributed by atoms with Crippen molar-refractivity contribution in [3.05, 3.63) is 0 Å². The van der Waals surface area contributed by atoms with E-state index >= 15 is 0 Å². The molecule has 1 aliphatic rings. The minimum absolute atomic E-state index is 1.01. The van der Waals surface area contributed by atoms with Crippen LogP contribution in [0.4, 0.5) is 0 Å². The number of nitrogens with zero attached hydrogens (tertiary/aromatic N) is 2. The van der Waals surface area contributed by atoms with Crippen molar-refractivity contribution in [1.82, 2.24) is 15.8 Å². The van der Waals surface area contributed by atoms with Gasteiger partial charge in [0.2, 0.25) is 0 Å². The van der Waals surface area contributed by atoms with Gasteiger partial charge in [0.05, 0.1) is 0 Å². The van der Waals surface area contributed by atoms with E-state index in [1.807, 2.05) is 0 Å². The second-order valence-electron chi connectivity index (χ2n) is 2.92. The van der Waals surface area contributed by atoms with E-state index in [0.717, 1.165) is 32.7 Å². The summed E-state index contributed by atoms with van der Waals surface area (Å²) >= 11 is 0. The molecule has 3 nitrogen and oxygen atoms in total. The van der Waals surface area contributed by atoms with Crippen LogP contribution in [0.15, 0.2) is 0 Å². The number of unbranched alkanes of at least 4 members (excludes halogenated alkanes) is 1. The van der Waals surface area contributed by atoms with Crippen molar-refractivity contribution >= 4 is 0 Å². The van der Waals surface area contributed by atoms with Crippen molar-refractivity contribution in [3.63, 3.8) is 0 Å². The molecule has 0 amide bonds. The number of hydrogen-bond donors (Lipinski definition) is 1. The first kappa shape index (κ1) is 8.97. The van der Waals surface area contributed by atoms with E-state index in [4.69, 9.17) is 0 Å². The van der Waals surface area contributed by atoms with E-state index in [1.54, 1.807) is 0 Å². The normalized spacial score (nSPS) is 20.5. The molecule has 0 aromatic heterocycles. The fourth-order valence-electron chi connectivity index (χ4n) is 1.16. The highest BCUT2D eigenvalue weighted by molar-refractivity contribution is 4.63. The highest BCUT2D eigenvalue weighted by atomic mass is 15.5.